The molecule has 2 saturated heterocycles. The third kappa shape index (κ3) is 3.03. The average Bonchev–Trinajstić information content (AvgIpc) is 2.49. The van der Waals surface area contributed by atoms with Crippen LogP contribution >= 0.6 is 0 Å². The standard InChI is InChI=1S/C14H21FN4/c15-12-10-16-14(17-11-12)19-8-4-13(5-9-19)18-6-2-1-3-7-18/h10-11,13H,1-9H2. The lowest BCUT2D eigenvalue weighted by atomic mass is 10.0. The van der Waals surface area contributed by atoms with Crippen molar-refractivity contribution in [2.24, 2.45) is 0 Å². The Kier molecular flexibility index (Phi) is 3.92. The van der Waals surface area contributed by atoms with Gasteiger partial charge < -0.3 is 9.80 Å². The fourth-order valence-electron chi connectivity index (χ4n) is 3.18. The number of aromatic nitrogens is 2. The van der Waals surface area contributed by atoms with Crippen LogP contribution in [-0.4, -0.2) is 47.1 Å². The van der Waals surface area contributed by atoms with Gasteiger partial charge in [0.1, 0.15) is 0 Å². The van der Waals surface area contributed by atoms with Gasteiger partial charge in [-0.1, -0.05) is 6.42 Å². The number of piperidine rings is 2. The molecule has 2 aliphatic heterocycles. The van der Waals surface area contributed by atoms with Gasteiger partial charge in [-0.3, -0.25) is 0 Å². The van der Waals surface area contributed by atoms with Crippen molar-refractivity contribution in [2.75, 3.05) is 31.1 Å². The van der Waals surface area contributed by atoms with Crippen LogP contribution in [0.1, 0.15) is 32.1 Å². The Morgan fingerprint density at radius 1 is 0.947 bits per heavy atom. The van der Waals surface area contributed by atoms with Crippen LogP contribution in [0.2, 0.25) is 0 Å². The van der Waals surface area contributed by atoms with Crippen LogP contribution in [0, 0.1) is 5.82 Å². The molecule has 3 heterocycles. The predicted octanol–water partition coefficient (Wildman–Crippen LogP) is 2.07. The van der Waals surface area contributed by atoms with Crippen molar-refractivity contribution >= 4 is 5.95 Å². The van der Waals surface area contributed by atoms with Crippen molar-refractivity contribution in [1.29, 1.82) is 0 Å². The minimum absolute atomic E-state index is 0.369. The first kappa shape index (κ1) is 12.8. The van der Waals surface area contributed by atoms with Crippen LogP contribution in [0.3, 0.4) is 0 Å². The molecule has 0 unspecified atom stereocenters. The summed E-state index contributed by atoms with van der Waals surface area (Å²) in [5.74, 6) is 0.297. The number of likely N-dealkylation sites (tertiary alicyclic amines) is 1. The maximum absolute atomic E-state index is 12.8. The molecular weight excluding hydrogens is 243 g/mol. The quantitative estimate of drug-likeness (QED) is 0.818. The second kappa shape index (κ2) is 5.82. The number of hydrogen-bond acceptors (Lipinski definition) is 4. The highest BCUT2D eigenvalue weighted by atomic mass is 19.1. The molecule has 19 heavy (non-hydrogen) atoms. The third-order valence-electron chi connectivity index (χ3n) is 4.26. The van der Waals surface area contributed by atoms with Gasteiger partial charge >= 0.3 is 0 Å². The predicted molar refractivity (Wildman–Crippen MR) is 72.6 cm³/mol. The van der Waals surface area contributed by atoms with Gasteiger partial charge in [0.2, 0.25) is 5.95 Å². The molecule has 0 radical (unpaired) electrons. The number of hydrogen-bond donors (Lipinski definition) is 0. The highest BCUT2D eigenvalue weighted by Gasteiger charge is 2.26. The van der Waals surface area contributed by atoms with Gasteiger partial charge in [-0.2, -0.15) is 0 Å². The van der Waals surface area contributed by atoms with Gasteiger partial charge in [0, 0.05) is 19.1 Å². The Hall–Kier alpha value is -1.23. The number of anilines is 1. The molecule has 1 aromatic rings. The van der Waals surface area contributed by atoms with Crippen molar-refractivity contribution in [1.82, 2.24) is 14.9 Å². The Bertz CT molecular complexity index is 394. The summed E-state index contributed by atoms with van der Waals surface area (Å²) in [5.41, 5.74) is 0. The Morgan fingerprint density at radius 2 is 1.58 bits per heavy atom. The van der Waals surface area contributed by atoms with Gasteiger partial charge in [-0.25, -0.2) is 14.4 Å². The van der Waals surface area contributed by atoms with E-state index in [0.29, 0.717) is 5.95 Å². The molecule has 0 spiro atoms. The van der Waals surface area contributed by atoms with Gasteiger partial charge in [-0.15, -0.1) is 0 Å². The molecule has 0 amide bonds. The van der Waals surface area contributed by atoms with E-state index < -0.39 is 0 Å². The van der Waals surface area contributed by atoms with E-state index in [1.54, 1.807) is 0 Å². The smallest absolute Gasteiger partial charge is 0.225 e. The van der Waals surface area contributed by atoms with Crippen LogP contribution in [0.25, 0.3) is 0 Å². The van der Waals surface area contributed by atoms with Gasteiger partial charge in [0.25, 0.3) is 0 Å². The molecule has 0 saturated carbocycles. The van der Waals surface area contributed by atoms with Crippen LogP contribution < -0.4 is 4.90 Å². The molecule has 2 fully saturated rings. The average molecular weight is 264 g/mol. The van der Waals surface area contributed by atoms with Crippen LogP contribution in [0.4, 0.5) is 10.3 Å². The Balaban J connectivity index is 1.55. The largest absolute Gasteiger partial charge is 0.341 e. The third-order valence-corrected chi connectivity index (χ3v) is 4.26. The molecule has 4 nitrogen and oxygen atoms in total. The summed E-state index contributed by atoms with van der Waals surface area (Å²) in [6, 6.07) is 0.719. The first-order valence-corrected chi connectivity index (χ1v) is 7.29. The first-order valence-electron chi connectivity index (χ1n) is 7.29. The molecule has 3 rings (SSSR count). The van der Waals surface area contributed by atoms with E-state index in [0.717, 1.165) is 19.1 Å². The zero-order chi connectivity index (χ0) is 13.1. The van der Waals surface area contributed by atoms with E-state index in [2.05, 4.69) is 19.8 Å². The molecule has 1 aromatic heterocycles. The lowest BCUT2D eigenvalue weighted by molar-refractivity contribution is 0.141. The van der Waals surface area contributed by atoms with Gasteiger partial charge in [-0.05, 0) is 38.8 Å². The molecule has 0 N–H and O–H groups in total. The lowest BCUT2D eigenvalue weighted by Gasteiger charge is -2.40. The highest BCUT2D eigenvalue weighted by Crippen LogP contribution is 2.22. The van der Waals surface area contributed by atoms with Crippen molar-refractivity contribution in [3.05, 3.63) is 18.2 Å². The summed E-state index contributed by atoms with van der Waals surface area (Å²) in [5, 5.41) is 0. The fraction of sp³-hybridized carbons (Fsp3) is 0.714. The normalized spacial score (nSPS) is 22.7. The number of nitrogens with zero attached hydrogens (tertiary/aromatic N) is 4. The van der Waals surface area contributed by atoms with Gasteiger partial charge in [0.05, 0.1) is 12.4 Å². The van der Waals surface area contributed by atoms with E-state index in [9.17, 15) is 4.39 Å². The summed E-state index contributed by atoms with van der Waals surface area (Å²) in [6.07, 6.45) is 8.92. The summed E-state index contributed by atoms with van der Waals surface area (Å²) in [7, 11) is 0. The lowest BCUT2D eigenvalue weighted by Crippen LogP contribution is -2.47. The van der Waals surface area contributed by atoms with Crippen LogP contribution in [0.5, 0.6) is 0 Å². The first-order chi connectivity index (χ1) is 9.33. The van der Waals surface area contributed by atoms with E-state index in [1.165, 1.54) is 57.6 Å². The molecule has 5 heteroatoms. The monoisotopic (exact) mass is 264 g/mol. The molecule has 0 atom stereocenters. The van der Waals surface area contributed by atoms with Gasteiger partial charge in [0.15, 0.2) is 5.82 Å². The molecule has 0 bridgehead atoms. The Morgan fingerprint density at radius 3 is 2.21 bits per heavy atom. The Labute approximate surface area is 113 Å². The fourth-order valence-corrected chi connectivity index (χ4v) is 3.18. The second-order valence-corrected chi connectivity index (χ2v) is 5.52. The summed E-state index contributed by atoms with van der Waals surface area (Å²) >= 11 is 0. The van der Waals surface area contributed by atoms with E-state index in [1.807, 2.05) is 0 Å². The zero-order valence-corrected chi connectivity index (χ0v) is 11.3. The summed E-state index contributed by atoms with van der Waals surface area (Å²) in [4.78, 5) is 12.9. The van der Waals surface area contributed by atoms with E-state index >= 15 is 0 Å². The molecule has 2 aliphatic rings. The number of rotatable bonds is 2. The van der Waals surface area contributed by atoms with Crippen molar-refractivity contribution < 1.29 is 4.39 Å². The maximum atomic E-state index is 12.8. The minimum Gasteiger partial charge on any atom is -0.341 e. The molecule has 0 aromatic carbocycles. The maximum Gasteiger partial charge on any atom is 0.225 e. The topological polar surface area (TPSA) is 32.3 Å². The zero-order valence-electron chi connectivity index (χ0n) is 11.3. The molecular formula is C14H21FN4. The molecule has 104 valence electrons. The second-order valence-electron chi connectivity index (χ2n) is 5.52. The van der Waals surface area contributed by atoms with E-state index in [-0.39, 0.29) is 5.82 Å². The van der Waals surface area contributed by atoms with Crippen molar-refractivity contribution in [2.45, 2.75) is 38.1 Å². The SMILES string of the molecule is Fc1cnc(N2CCC(N3CCCCC3)CC2)nc1. The van der Waals surface area contributed by atoms with E-state index in [4.69, 9.17) is 0 Å². The highest BCUT2D eigenvalue weighted by molar-refractivity contribution is 5.29. The van der Waals surface area contributed by atoms with Crippen LogP contribution in [0.15, 0.2) is 12.4 Å². The summed E-state index contributed by atoms with van der Waals surface area (Å²) in [6.45, 7) is 4.48. The summed E-state index contributed by atoms with van der Waals surface area (Å²) < 4.78 is 12.8. The molecule has 0 aliphatic carbocycles. The van der Waals surface area contributed by atoms with Crippen molar-refractivity contribution in [3.63, 3.8) is 0 Å². The number of halogens is 1. The van der Waals surface area contributed by atoms with Crippen molar-refractivity contribution in [3.8, 4) is 0 Å². The minimum atomic E-state index is -0.369. The van der Waals surface area contributed by atoms with Crippen LogP contribution in [-0.2, 0) is 0 Å².